The van der Waals surface area contributed by atoms with Crippen molar-refractivity contribution in [2.75, 3.05) is 26.4 Å². The second-order valence-corrected chi connectivity index (χ2v) is 18.8. The van der Waals surface area contributed by atoms with Crippen molar-refractivity contribution >= 4 is 5.97 Å². The highest BCUT2D eigenvalue weighted by atomic mass is 16.6. The molecule has 0 N–H and O–H groups in total. The summed E-state index contributed by atoms with van der Waals surface area (Å²) in [7, 11) is 0. The molecule has 0 aliphatic carbocycles. The van der Waals surface area contributed by atoms with Crippen molar-refractivity contribution in [1.82, 2.24) is 0 Å². The average Bonchev–Trinajstić information content (AvgIpc) is 3.26. The molecule has 0 aromatic carbocycles. The molecule has 0 aromatic heterocycles. The van der Waals surface area contributed by atoms with Crippen LogP contribution in [0.3, 0.4) is 0 Å². The van der Waals surface area contributed by atoms with E-state index in [0.29, 0.717) is 19.6 Å². The Labute approximate surface area is 383 Å². The highest BCUT2D eigenvalue weighted by Gasteiger charge is 2.15. The minimum atomic E-state index is -0.299. The molecule has 4 nitrogen and oxygen atoms in total. The summed E-state index contributed by atoms with van der Waals surface area (Å²) in [6, 6.07) is 0. The minimum absolute atomic E-state index is 0.0820. The first-order valence-corrected chi connectivity index (χ1v) is 27.9. The van der Waals surface area contributed by atoms with Crippen molar-refractivity contribution < 1.29 is 19.0 Å². The first-order chi connectivity index (χ1) is 30.2. The summed E-state index contributed by atoms with van der Waals surface area (Å²) in [5.74, 6) is -0.0820. The Morgan fingerprint density at radius 2 is 0.574 bits per heavy atom. The van der Waals surface area contributed by atoms with Crippen LogP contribution in [0.2, 0.25) is 0 Å². The molecule has 0 atom stereocenters. The van der Waals surface area contributed by atoms with Gasteiger partial charge in [0.1, 0.15) is 6.10 Å². The molecule has 0 aromatic rings. The Hall–Kier alpha value is -1.13. The quantitative estimate of drug-likeness (QED) is 0.0347. The molecule has 0 bridgehead atoms. The molecule has 0 fully saturated rings. The van der Waals surface area contributed by atoms with Crippen LogP contribution in [-0.4, -0.2) is 38.5 Å². The standard InChI is InChI=1S/C57H110O4/c1-4-7-10-13-16-19-22-25-28-31-34-37-40-43-46-49-52-59-54-56(55-60-53-50-47-44-41-38-35-32-29-26-23-20-17-14-11-8-5-2)61-57(58)51-48-45-42-39-36-33-30-27-24-21-18-15-12-9-6-3/h25-26,28-29,56H,4-24,27,30-55H2,1-3H3. The van der Waals surface area contributed by atoms with Crippen molar-refractivity contribution in [1.29, 1.82) is 0 Å². The van der Waals surface area contributed by atoms with Gasteiger partial charge in [0.05, 0.1) is 13.2 Å². The molecule has 362 valence electrons. The SMILES string of the molecule is CCCCCCCCC=CCCCCCCCCOCC(COCCCCCCCCC=CCCCCCCCC)OC(=O)CCCCCCCCCCCCCCCCC. The van der Waals surface area contributed by atoms with Gasteiger partial charge in [0, 0.05) is 19.6 Å². The summed E-state index contributed by atoms with van der Waals surface area (Å²) in [6.45, 7) is 9.24. The lowest BCUT2D eigenvalue weighted by Crippen LogP contribution is -2.29. The van der Waals surface area contributed by atoms with Crippen LogP contribution < -0.4 is 0 Å². The molecule has 0 spiro atoms. The highest BCUT2D eigenvalue weighted by Crippen LogP contribution is 2.16. The summed E-state index contributed by atoms with van der Waals surface area (Å²) in [5, 5.41) is 0. The molecule has 0 unspecified atom stereocenters. The maximum absolute atomic E-state index is 12.8. The molecule has 61 heavy (non-hydrogen) atoms. The van der Waals surface area contributed by atoms with Crippen LogP contribution in [0, 0.1) is 0 Å². The second kappa shape index (κ2) is 55.0. The van der Waals surface area contributed by atoms with Gasteiger partial charge in [-0.25, -0.2) is 0 Å². The van der Waals surface area contributed by atoms with Gasteiger partial charge in [-0.15, -0.1) is 0 Å². The first kappa shape index (κ1) is 59.9. The van der Waals surface area contributed by atoms with Gasteiger partial charge in [-0.1, -0.05) is 251 Å². The topological polar surface area (TPSA) is 44.8 Å². The number of allylic oxidation sites excluding steroid dienone is 4. The van der Waals surface area contributed by atoms with E-state index in [2.05, 4.69) is 45.1 Å². The maximum Gasteiger partial charge on any atom is 0.306 e. The van der Waals surface area contributed by atoms with Crippen LogP contribution in [0.1, 0.15) is 303 Å². The van der Waals surface area contributed by atoms with E-state index in [4.69, 9.17) is 14.2 Å². The number of hydrogen-bond donors (Lipinski definition) is 0. The van der Waals surface area contributed by atoms with E-state index in [-0.39, 0.29) is 12.1 Å². The summed E-state index contributed by atoms with van der Waals surface area (Å²) in [5.41, 5.74) is 0. The third-order valence-corrected chi connectivity index (χ3v) is 12.5. The number of ether oxygens (including phenoxy) is 3. The smallest absolute Gasteiger partial charge is 0.306 e. The Morgan fingerprint density at radius 1 is 0.328 bits per heavy atom. The number of carbonyl (C=O) groups excluding carboxylic acids is 1. The molecule has 0 radical (unpaired) electrons. The third-order valence-electron chi connectivity index (χ3n) is 12.5. The zero-order valence-corrected chi connectivity index (χ0v) is 42.0. The predicted molar refractivity (Wildman–Crippen MR) is 270 cm³/mol. The summed E-state index contributed by atoms with van der Waals surface area (Å²) in [6.07, 6.45) is 66.5. The molecule has 0 saturated heterocycles. The number of carbonyl (C=O) groups is 1. The van der Waals surface area contributed by atoms with Crippen LogP contribution in [0.4, 0.5) is 0 Å². The van der Waals surface area contributed by atoms with Gasteiger partial charge in [-0.3, -0.25) is 4.79 Å². The fourth-order valence-corrected chi connectivity index (χ4v) is 8.33. The van der Waals surface area contributed by atoms with E-state index in [1.54, 1.807) is 0 Å². The van der Waals surface area contributed by atoms with E-state index < -0.39 is 0 Å². The number of esters is 1. The van der Waals surface area contributed by atoms with E-state index in [9.17, 15) is 4.79 Å². The summed E-state index contributed by atoms with van der Waals surface area (Å²) < 4.78 is 18.1. The van der Waals surface area contributed by atoms with E-state index in [1.165, 1.54) is 250 Å². The lowest BCUT2D eigenvalue weighted by atomic mass is 10.0. The van der Waals surface area contributed by atoms with Gasteiger partial charge in [0.2, 0.25) is 0 Å². The normalized spacial score (nSPS) is 12.4. The third kappa shape index (κ3) is 53.1. The van der Waals surface area contributed by atoms with Gasteiger partial charge in [0.15, 0.2) is 0 Å². The molecule has 0 amide bonds. The van der Waals surface area contributed by atoms with Crippen molar-refractivity contribution in [2.24, 2.45) is 0 Å². The monoisotopic (exact) mass is 859 g/mol. The van der Waals surface area contributed by atoms with E-state index >= 15 is 0 Å². The Kier molecular flexibility index (Phi) is 54.0. The maximum atomic E-state index is 12.8. The minimum Gasteiger partial charge on any atom is -0.457 e. The zero-order chi connectivity index (χ0) is 44.0. The van der Waals surface area contributed by atoms with E-state index in [0.717, 1.165) is 38.9 Å². The largest absolute Gasteiger partial charge is 0.457 e. The summed E-state index contributed by atoms with van der Waals surface area (Å²) in [4.78, 5) is 12.8. The predicted octanol–water partition coefficient (Wildman–Crippen LogP) is 19.3. The lowest BCUT2D eigenvalue weighted by Gasteiger charge is -2.18. The van der Waals surface area contributed by atoms with Gasteiger partial charge in [-0.2, -0.15) is 0 Å². The highest BCUT2D eigenvalue weighted by molar-refractivity contribution is 5.69. The number of unbranched alkanes of at least 4 members (excludes halogenated alkanes) is 38. The number of hydrogen-bond acceptors (Lipinski definition) is 4. The molecule has 0 saturated carbocycles. The second-order valence-electron chi connectivity index (χ2n) is 18.8. The van der Waals surface area contributed by atoms with Crippen LogP contribution in [-0.2, 0) is 19.0 Å². The van der Waals surface area contributed by atoms with Gasteiger partial charge < -0.3 is 14.2 Å². The Balaban J connectivity index is 4.13. The first-order valence-electron chi connectivity index (χ1n) is 27.9. The van der Waals surface area contributed by atoms with Crippen LogP contribution in [0.15, 0.2) is 24.3 Å². The van der Waals surface area contributed by atoms with Crippen molar-refractivity contribution in [3.8, 4) is 0 Å². The fourth-order valence-electron chi connectivity index (χ4n) is 8.33. The van der Waals surface area contributed by atoms with Gasteiger partial charge in [0.25, 0.3) is 0 Å². The van der Waals surface area contributed by atoms with Crippen LogP contribution in [0.25, 0.3) is 0 Å². The number of rotatable bonds is 53. The fraction of sp³-hybridized carbons (Fsp3) is 0.912. The van der Waals surface area contributed by atoms with Crippen molar-refractivity contribution in [3.05, 3.63) is 24.3 Å². The molecular weight excluding hydrogens is 749 g/mol. The molecule has 0 aliphatic rings. The molecule has 0 rings (SSSR count). The lowest BCUT2D eigenvalue weighted by molar-refractivity contribution is -0.156. The molecule has 0 aliphatic heterocycles. The average molecular weight is 860 g/mol. The van der Waals surface area contributed by atoms with Gasteiger partial charge in [-0.05, 0) is 70.6 Å². The molecule has 4 heteroatoms. The van der Waals surface area contributed by atoms with Crippen LogP contribution in [0.5, 0.6) is 0 Å². The zero-order valence-electron chi connectivity index (χ0n) is 42.0. The van der Waals surface area contributed by atoms with Crippen LogP contribution >= 0.6 is 0 Å². The molecular formula is C57H110O4. The van der Waals surface area contributed by atoms with Gasteiger partial charge >= 0.3 is 5.97 Å². The Morgan fingerprint density at radius 3 is 0.869 bits per heavy atom. The van der Waals surface area contributed by atoms with E-state index in [1.807, 2.05) is 0 Å². The van der Waals surface area contributed by atoms with Crippen molar-refractivity contribution in [2.45, 2.75) is 309 Å². The summed E-state index contributed by atoms with van der Waals surface area (Å²) >= 11 is 0. The molecule has 0 heterocycles. The van der Waals surface area contributed by atoms with Crippen molar-refractivity contribution in [3.63, 3.8) is 0 Å². The Bertz CT molecular complexity index is 821.